The lowest BCUT2D eigenvalue weighted by atomic mass is 9.95. The van der Waals surface area contributed by atoms with Crippen LogP contribution in [0.3, 0.4) is 0 Å². The zero-order valence-electron chi connectivity index (χ0n) is 15.7. The van der Waals surface area contributed by atoms with E-state index in [1.807, 2.05) is 26.3 Å². The van der Waals surface area contributed by atoms with Crippen molar-refractivity contribution in [3.63, 3.8) is 0 Å². The molecule has 1 amide bonds. The van der Waals surface area contributed by atoms with Gasteiger partial charge in [-0.05, 0) is 70.7 Å². The molecule has 0 aliphatic carbocycles. The third kappa shape index (κ3) is 7.25. The molecular formula is C20H25N3O2S. The SMILES string of the molecule is CC(C)(C)C#CC#Cc1ccc(C(=O)N[C@H](C(=S)NO)C(C)(C)N)cc1. The van der Waals surface area contributed by atoms with E-state index in [1.165, 1.54) is 0 Å². The number of nitrogens with two attached hydrogens (primary N) is 1. The molecule has 0 radical (unpaired) electrons. The van der Waals surface area contributed by atoms with E-state index in [1.54, 1.807) is 38.1 Å². The number of carbonyl (C=O) groups excluding carboxylic acids is 1. The predicted molar refractivity (Wildman–Crippen MR) is 108 cm³/mol. The summed E-state index contributed by atoms with van der Waals surface area (Å²) in [5, 5.41) is 11.7. The van der Waals surface area contributed by atoms with Crippen LogP contribution in [-0.4, -0.2) is 27.7 Å². The Morgan fingerprint density at radius 2 is 1.73 bits per heavy atom. The molecule has 138 valence electrons. The van der Waals surface area contributed by atoms with Crippen LogP contribution in [-0.2, 0) is 0 Å². The molecule has 5 nitrogen and oxygen atoms in total. The van der Waals surface area contributed by atoms with Crippen molar-refractivity contribution in [2.75, 3.05) is 0 Å². The molecule has 0 heterocycles. The van der Waals surface area contributed by atoms with Crippen molar-refractivity contribution in [1.29, 1.82) is 0 Å². The first kappa shape index (κ1) is 21.7. The maximum absolute atomic E-state index is 12.4. The summed E-state index contributed by atoms with van der Waals surface area (Å²) in [4.78, 5) is 12.5. The monoisotopic (exact) mass is 371 g/mol. The number of hydrogen-bond acceptors (Lipinski definition) is 4. The fourth-order valence-corrected chi connectivity index (χ4v) is 2.26. The summed E-state index contributed by atoms with van der Waals surface area (Å²) in [5.74, 6) is 11.2. The number of hydroxylamine groups is 1. The molecule has 0 unspecified atom stereocenters. The lowest BCUT2D eigenvalue weighted by molar-refractivity contribution is 0.0932. The lowest BCUT2D eigenvalue weighted by Gasteiger charge is -2.31. The van der Waals surface area contributed by atoms with Gasteiger partial charge in [-0.2, -0.15) is 0 Å². The zero-order chi connectivity index (χ0) is 20.0. The van der Waals surface area contributed by atoms with Crippen LogP contribution < -0.4 is 16.5 Å². The third-order valence-electron chi connectivity index (χ3n) is 3.25. The minimum absolute atomic E-state index is 0.0470. The summed E-state index contributed by atoms with van der Waals surface area (Å²) in [6, 6.07) is 6.08. The molecule has 1 aromatic carbocycles. The third-order valence-corrected chi connectivity index (χ3v) is 3.57. The van der Waals surface area contributed by atoms with Crippen molar-refractivity contribution in [2.45, 2.75) is 46.2 Å². The van der Waals surface area contributed by atoms with Crippen molar-refractivity contribution in [2.24, 2.45) is 11.1 Å². The molecule has 0 saturated heterocycles. The van der Waals surface area contributed by atoms with Crippen LogP contribution in [0.4, 0.5) is 0 Å². The van der Waals surface area contributed by atoms with E-state index in [0.29, 0.717) is 5.56 Å². The molecule has 1 aromatic rings. The van der Waals surface area contributed by atoms with Gasteiger partial charge >= 0.3 is 0 Å². The van der Waals surface area contributed by atoms with Gasteiger partial charge in [0.05, 0.1) is 6.04 Å². The summed E-state index contributed by atoms with van der Waals surface area (Å²) in [6.07, 6.45) is 0. The van der Waals surface area contributed by atoms with Gasteiger partial charge in [-0.1, -0.05) is 24.1 Å². The second-order valence-electron chi connectivity index (χ2n) is 7.53. The van der Waals surface area contributed by atoms with Crippen molar-refractivity contribution >= 4 is 23.1 Å². The standard InChI is InChI=1S/C20H25N3O2S/c1-19(2,3)13-7-6-8-14-9-11-15(12-10-14)17(24)22-16(18(26)23-25)20(4,5)21/h9-12,16,25H,21H2,1-5H3,(H,22,24)(H,23,26)/t16-/m1/s1. The molecule has 0 aliphatic rings. The zero-order valence-corrected chi connectivity index (χ0v) is 16.5. The average Bonchev–Trinajstić information content (AvgIpc) is 2.54. The maximum atomic E-state index is 12.4. The van der Waals surface area contributed by atoms with Gasteiger partial charge in [0.25, 0.3) is 5.91 Å². The van der Waals surface area contributed by atoms with E-state index < -0.39 is 11.6 Å². The minimum atomic E-state index is -0.848. The smallest absolute Gasteiger partial charge is 0.251 e. The number of nitrogens with one attached hydrogen (secondary N) is 2. The molecule has 26 heavy (non-hydrogen) atoms. The Morgan fingerprint density at radius 3 is 2.19 bits per heavy atom. The van der Waals surface area contributed by atoms with Crippen LogP contribution in [0.15, 0.2) is 24.3 Å². The van der Waals surface area contributed by atoms with E-state index >= 15 is 0 Å². The summed E-state index contributed by atoms with van der Waals surface area (Å²) in [7, 11) is 0. The summed E-state index contributed by atoms with van der Waals surface area (Å²) < 4.78 is 0. The first-order chi connectivity index (χ1) is 11.9. The first-order valence-electron chi connectivity index (χ1n) is 8.11. The highest BCUT2D eigenvalue weighted by Gasteiger charge is 2.30. The Kier molecular flexibility index (Phi) is 7.35. The Balaban J connectivity index is 2.88. The quantitative estimate of drug-likeness (QED) is 0.370. The highest BCUT2D eigenvalue weighted by molar-refractivity contribution is 7.80. The van der Waals surface area contributed by atoms with Crippen LogP contribution >= 0.6 is 12.2 Å². The summed E-state index contributed by atoms with van der Waals surface area (Å²) in [5.41, 5.74) is 8.16. The fraction of sp³-hybridized carbons (Fsp3) is 0.400. The van der Waals surface area contributed by atoms with Gasteiger partial charge < -0.3 is 11.1 Å². The molecule has 0 aliphatic heterocycles. The Labute approximate surface area is 160 Å². The van der Waals surface area contributed by atoms with Gasteiger partial charge in [-0.15, -0.1) is 0 Å². The molecule has 1 rings (SSSR count). The van der Waals surface area contributed by atoms with Crippen molar-refractivity contribution in [3.8, 4) is 23.7 Å². The van der Waals surface area contributed by atoms with E-state index in [-0.39, 0.29) is 16.3 Å². The van der Waals surface area contributed by atoms with Gasteiger partial charge in [0.2, 0.25) is 0 Å². The molecule has 0 saturated carbocycles. The molecule has 0 fully saturated rings. The number of hydrogen-bond donors (Lipinski definition) is 4. The van der Waals surface area contributed by atoms with Crippen molar-refractivity contribution in [1.82, 2.24) is 10.8 Å². The Hall–Kier alpha value is -2.38. The fourth-order valence-electron chi connectivity index (χ4n) is 1.90. The number of carbonyl (C=O) groups is 1. The number of rotatable bonds is 4. The second-order valence-corrected chi connectivity index (χ2v) is 7.97. The van der Waals surface area contributed by atoms with E-state index in [0.717, 1.165) is 5.56 Å². The molecule has 0 spiro atoms. The van der Waals surface area contributed by atoms with Gasteiger partial charge in [0.15, 0.2) is 0 Å². The van der Waals surface area contributed by atoms with Gasteiger partial charge in [-0.25, -0.2) is 0 Å². The normalized spacial score (nSPS) is 12.0. The van der Waals surface area contributed by atoms with E-state index in [4.69, 9.17) is 23.2 Å². The number of amides is 1. The predicted octanol–water partition coefficient (Wildman–Crippen LogP) is 2.23. The minimum Gasteiger partial charge on any atom is -0.341 e. The van der Waals surface area contributed by atoms with Crippen LogP contribution in [0.1, 0.15) is 50.5 Å². The van der Waals surface area contributed by atoms with Crippen LogP contribution in [0.5, 0.6) is 0 Å². The number of benzene rings is 1. The molecule has 1 atom stereocenters. The van der Waals surface area contributed by atoms with Crippen LogP contribution in [0, 0.1) is 29.1 Å². The molecule has 0 bridgehead atoms. The lowest BCUT2D eigenvalue weighted by Crippen LogP contribution is -2.60. The molecule has 6 heteroatoms. The summed E-state index contributed by atoms with van der Waals surface area (Å²) in [6.45, 7) is 9.46. The van der Waals surface area contributed by atoms with Crippen LogP contribution in [0.25, 0.3) is 0 Å². The molecule has 5 N–H and O–H groups in total. The van der Waals surface area contributed by atoms with Crippen molar-refractivity contribution in [3.05, 3.63) is 35.4 Å². The topological polar surface area (TPSA) is 87.4 Å². The maximum Gasteiger partial charge on any atom is 0.251 e. The van der Waals surface area contributed by atoms with Crippen molar-refractivity contribution < 1.29 is 10.0 Å². The average molecular weight is 372 g/mol. The van der Waals surface area contributed by atoms with E-state index in [2.05, 4.69) is 29.0 Å². The number of thiocarbonyl (C=S) groups is 1. The van der Waals surface area contributed by atoms with Crippen LogP contribution in [0.2, 0.25) is 0 Å². The van der Waals surface area contributed by atoms with Gasteiger partial charge in [0.1, 0.15) is 4.99 Å². The second kappa shape index (κ2) is 8.82. The van der Waals surface area contributed by atoms with Gasteiger partial charge in [-0.3, -0.25) is 15.5 Å². The molecule has 0 aromatic heterocycles. The first-order valence-corrected chi connectivity index (χ1v) is 8.52. The van der Waals surface area contributed by atoms with Gasteiger partial charge in [0, 0.05) is 22.1 Å². The highest BCUT2D eigenvalue weighted by Crippen LogP contribution is 2.10. The Morgan fingerprint density at radius 1 is 1.15 bits per heavy atom. The largest absolute Gasteiger partial charge is 0.341 e. The summed E-state index contributed by atoms with van der Waals surface area (Å²) >= 11 is 5.01. The highest BCUT2D eigenvalue weighted by atomic mass is 32.1. The Bertz CT molecular complexity index is 779. The van der Waals surface area contributed by atoms with E-state index in [9.17, 15) is 4.79 Å². The molecular weight excluding hydrogens is 346 g/mol.